The van der Waals surface area contributed by atoms with Gasteiger partial charge in [0.1, 0.15) is 0 Å². The molecule has 0 spiro atoms. The molecule has 20 heavy (non-hydrogen) atoms. The summed E-state index contributed by atoms with van der Waals surface area (Å²) in [6, 6.07) is 5.34. The lowest BCUT2D eigenvalue weighted by Gasteiger charge is -2.32. The molecule has 3 nitrogen and oxygen atoms in total. The first-order valence-corrected chi connectivity index (χ1v) is 6.77. The van der Waals surface area contributed by atoms with Crippen LogP contribution in [0.25, 0.3) is 0 Å². The minimum Gasteiger partial charge on any atom is -0.384 e. The van der Waals surface area contributed by atoms with Gasteiger partial charge in [-0.15, -0.1) is 0 Å². The first-order valence-electron chi connectivity index (χ1n) is 6.77. The van der Waals surface area contributed by atoms with Crippen LogP contribution in [-0.2, 0) is 6.18 Å². The maximum absolute atomic E-state index is 12.6. The Morgan fingerprint density at radius 2 is 1.85 bits per heavy atom. The van der Waals surface area contributed by atoms with Gasteiger partial charge in [-0.2, -0.15) is 13.2 Å². The molecule has 0 aliphatic carbocycles. The van der Waals surface area contributed by atoms with Crippen LogP contribution in [0.15, 0.2) is 24.3 Å². The average Bonchev–Trinajstić information content (AvgIpc) is 2.40. The smallest absolute Gasteiger partial charge is 0.384 e. The number of halogens is 3. The third-order valence-electron chi connectivity index (χ3n) is 3.54. The van der Waals surface area contributed by atoms with Gasteiger partial charge >= 0.3 is 6.18 Å². The van der Waals surface area contributed by atoms with E-state index in [4.69, 9.17) is 0 Å². The van der Waals surface area contributed by atoms with Crippen LogP contribution < -0.4 is 5.32 Å². The number of nitrogens with one attached hydrogen (secondary N) is 1. The third kappa shape index (κ3) is 4.38. The van der Waals surface area contributed by atoms with Crippen molar-refractivity contribution in [1.82, 2.24) is 9.80 Å². The fourth-order valence-electron chi connectivity index (χ4n) is 2.24. The van der Waals surface area contributed by atoms with E-state index in [1.807, 2.05) is 0 Å². The highest BCUT2D eigenvalue weighted by Gasteiger charge is 2.30. The molecule has 112 valence electrons. The van der Waals surface area contributed by atoms with Crippen LogP contribution in [0.4, 0.5) is 18.9 Å². The van der Waals surface area contributed by atoms with Crippen molar-refractivity contribution in [3.63, 3.8) is 0 Å². The summed E-state index contributed by atoms with van der Waals surface area (Å²) in [6.45, 7) is 5.63. The van der Waals surface area contributed by atoms with E-state index in [2.05, 4.69) is 22.2 Å². The summed E-state index contributed by atoms with van der Waals surface area (Å²) in [7, 11) is 2.10. The summed E-state index contributed by atoms with van der Waals surface area (Å²) < 4.78 is 37.7. The van der Waals surface area contributed by atoms with Crippen LogP contribution in [0.3, 0.4) is 0 Å². The molecule has 2 rings (SSSR count). The number of anilines is 1. The topological polar surface area (TPSA) is 18.5 Å². The van der Waals surface area contributed by atoms with Crippen LogP contribution in [0.2, 0.25) is 0 Å². The highest BCUT2D eigenvalue weighted by Crippen LogP contribution is 2.30. The number of hydrogen-bond acceptors (Lipinski definition) is 3. The molecule has 1 saturated heterocycles. The van der Waals surface area contributed by atoms with Crippen molar-refractivity contribution >= 4 is 5.69 Å². The van der Waals surface area contributed by atoms with E-state index in [0.717, 1.165) is 44.9 Å². The summed E-state index contributed by atoms with van der Waals surface area (Å²) in [5, 5.41) is 3.06. The molecule has 6 heteroatoms. The zero-order chi connectivity index (χ0) is 14.6. The maximum atomic E-state index is 12.6. The quantitative estimate of drug-likeness (QED) is 0.917. The van der Waals surface area contributed by atoms with Crippen molar-refractivity contribution in [1.29, 1.82) is 0 Å². The first-order chi connectivity index (χ1) is 9.45. The molecule has 0 unspecified atom stereocenters. The second kappa shape index (κ2) is 6.45. The van der Waals surface area contributed by atoms with Crippen molar-refractivity contribution in [2.45, 2.75) is 6.18 Å². The van der Waals surface area contributed by atoms with Gasteiger partial charge < -0.3 is 10.2 Å². The number of nitrogens with zero attached hydrogens (tertiary/aromatic N) is 2. The van der Waals surface area contributed by atoms with Gasteiger partial charge in [-0.3, -0.25) is 4.90 Å². The van der Waals surface area contributed by atoms with Crippen molar-refractivity contribution in [3.8, 4) is 0 Å². The number of piperazine rings is 1. The molecule has 0 amide bonds. The van der Waals surface area contributed by atoms with Crippen molar-refractivity contribution < 1.29 is 13.2 Å². The molecule has 1 N–H and O–H groups in total. The maximum Gasteiger partial charge on any atom is 0.416 e. The standard InChI is InChI=1S/C14H20F3N3/c1-19-7-9-20(10-8-19)6-5-18-13-4-2-3-12(11-13)14(15,16)17/h2-4,11,18H,5-10H2,1H3. The third-order valence-corrected chi connectivity index (χ3v) is 3.54. The van der Waals surface area contributed by atoms with E-state index >= 15 is 0 Å². The first kappa shape index (κ1) is 15.1. The van der Waals surface area contributed by atoms with Crippen molar-refractivity contribution in [2.24, 2.45) is 0 Å². The number of likely N-dealkylation sites (N-methyl/N-ethyl adjacent to an activating group) is 1. The number of hydrogen-bond donors (Lipinski definition) is 1. The van der Waals surface area contributed by atoms with Gasteiger partial charge in [-0.05, 0) is 25.2 Å². The molecule has 0 aromatic heterocycles. The number of rotatable bonds is 4. The summed E-state index contributed by atoms with van der Waals surface area (Å²) in [6.07, 6.45) is -4.28. The molecule has 1 aliphatic rings. The largest absolute Gasteiger partial charge is 0.416 e. The fraction of sp³-hybridized carbons (Fsp3) is 0.571. The lowest BCUT2D eigenvalue weighted by atomic mass is 10.2. The molecule has 0 bridgehead atoms. The predicted molar refractivity (Wildman–Crippen MR) is 73.9 cm³/mol. The molecule has 0 saturated carbocycles. The van der Waals surface area contributed by atoms with Crippen molar-refractivity contribution in [2.75, 3.05) is 51.6 Å². The van der Waals surface area contributed by atoms with Crippen molar-refractivity contribution in [3.05, 3.63) is 29.8 Å². The van der Waals surface area contributed by atoms with Crippen LogP contribution in [0, 0.1) is 0 Å². The van der Waals surface area contributed by atoms with Crippen LogP contribution in [0.1, 0.15) is 5.56 Å². The van der Waals surface area contributed by atoms with Crippen LogP contribution in [0.5, 0.6) is 0 Å². The second-order valence-electron chi connectivity index (χ2n) is 5.15. The second-order valence-corrected chi connectivity index (χ2v) is 5.15. The zero-order valence-electron chi connectivity index (χ0n) is 11.6. The summed E-state index contributed by atoms with van der Waals surface area (Å²) in [5.41, 5.74) is -0.0870. The Balaban J connectivity index is 1.79. The Kier molecular flexibility index (Phi) is 4.88. The van der Waals surface area contributed by atoms with E-state index in [1.165, 1.54) is 6.07 Å². The van der Waals surface area contributed by atoms with Gasteiger partial charge in [0.15, 0.2) is 0 Å². The summed E-state index contributed by atoms with van der Waals surface area (Å²) in [5.74, 6) is 0. The molecular formula is C14H20F3N3. The van der Waals surface area contributed by atoms with Crippen LogP contribution in [-0.4, -0.2) is 56.1 Å². The van der Waals surface area contributed by atoms with Gasteiger partial charge in [0, 0.05) is 45.0 Å². The lowest BCUT2D eigenvalue weighted by molar-refractivity contribution is -0.137. The highest BCUT2D eigenvalue weighted by atomic mass is 19.4. The molecule has 1 aromatic rings. The SMILES string of the molecule is CN1CCN(CCNc2cccc(C(F)(F)F)c2)CC1. The van der Waals surface area contributed by atoms with Gasteiger partial charge in [-0.25, -0.2) is 0 Å². The Morgan fingerprint density at radius 1 is 1.15 bits per heavy atom. The number of benzene rings is 1. The Labute approximate surface area is 117 Å². The normalized spacial score (nSPS) is 18.2. The van der Waals surface area contributed by atoms with Crippen LogP contribution >= 0.6 is 0 Å². The van der Waals surface area contributed by atoms with E-state index in [9.17, 15) is 13.2 Å². The molecule has 1 fully saturated rings. The number of alkyl halides is 3. The van der Waals surface area contributed by atoms with E-state index in [0.29, 0.717) is 12.2 Å². The Hall–Kier alpha value is -1.27. The average molecular weight is 287 g/mol. The lowest BCUT2D eigenvalue weighted by Crippen LogP contribution is -2.45. The van der Waals surface area contributed by atoms with Gasteiger partial charge in [-0.1, -0.05) is 6.07 Å². The minimum atomic E-state index is -4.28. The van der Waals surface area contributed by atoms with Gasteiger partial charge in [0.25, 0.3) is 0 Å². The van der Waals surface area contributed by atoms with E-state index < -0.39 is 11.7 Å². The highest BCUT2D eigenvalue weighted by molar-refractivity contribution is 5.46. The summed E-state index contributed by atoms with van der Waals surface area (Å²) in [4.78, 5) is 4.59. The Morgan fingerprint density at radius 3 is 2.50 bits per heavy atom. The van der Waals surface area contributed by atoms with E-state index in [-0.39, 0.29) is 0 Å². The monoisotopic (exact) mass is 287 g/mol. The molecule has 1 aliphatic heterocycles. The minimum absolute atomic E-state index is 0.522. The molecule has 0 radical (unpaired) electrons. The predicted octanol–water partition coefficient (Wildman–Crippen LogP) is 2.36. The van der Waals surface area contributed by atoms with Gasteiger partial charge in [0.05, 0.1) is 5.56 Å². The Bertz CT molecular complexity index is 426. The molecular weight excluding hydrogens is 267 g/mol. The summed E-state index contributed by atoms with van der Waals surface area (Å²) >= 11 is 0. The fourth-order valence-corrected chi connectivity index (χ4v) is 2.24. The van der Waals surface area contributed by atoms with Gasteiger partial charge in [0.2, 0.25) is 0 Å². The molecule has 1 heterocycles. The molecule has 0 atom stereocenters. The van der Waals surface area contributed by atoms with E-state index in [1.54, 1.807) is 6.07 Å². The zero-order valence-corrected chi connectivity index (χ0v) is 11.6. The molecule has 1 aromatic carbocycles.